The van der Waals surface area contributed by atoms with E-state index in [4.69, 9.17) is 10.5 Å². The van der Waals surface area contributed by atoms with Gasteiger partial charge in [-0.3, -0.25) is 4.79 Å². The predicted octanol–water partition coefficient (Wildman–Crippen LogP) is 2.26. The Morgan fingerprint density at radius 1 is 1.45 bits per heavy atom. The molecular formula is C16H24N2O2. The Morgan fingerprint density at radius 2 is 2.15 bits per heavy atom. The number of rotatable bonds is 4. The van der Waals surface area contributed by atoms with E-state index in [1.165, 1.54) is 0 Å². The van der Waals surface area contributed by atoms with Gasteiger partial charge in [0, 0.05) is 19.0 Å². The van der Waals surface area contributed by atoms with Gasteiger partial charge in [0.05, 0.1) is 13.2 Å². The van der Waals surface area contributed by atoms with E-state index in [0.29, 0.717) is 12.3 Å². The molecule has 0 aromatic heterocycles. The summed E-state index contributed by atoms with van der Waals surface area (Å²) in [7, 11) is 1.66. The molecule has 1 heterocycles. The minimum Gasteiger partial charge on any atom is -0.496 e. The van der Waals surface area contributed by atoms with Crippen molar-refractivity contribution in [3.8, 4) is 5.75 Å². The molecule has 1 saturated heterocycles. The topological polar surface area (TPSA) is 55.6 Å². The molecule has 1 fully saturated rings. The summed E-state index contributed by atoms with van der Waals surface area (Å²) in [5, 5.41) is 0. The molecule has 1 aromatic carbocycles. The van der Waals surface area contributed by atoms with Gasteiger partial charge in [0.25, 0.3) is 0 Å². The highest BCUT2D eigenvalue weighted by Gasteiger charge is 2.38. The first-order chi connectivity index (χ1) is 9.43. The van der Waals surface area contributed by atoms with Gasteiger partial charge in [-0.2, -0.15) is 0 Å². The summed E-state index contributed by atoms with van der Waals surface area (Å²) >= 11 is 0. The Balaban J connectivity index is 2.32. The minimum absolute atomic E-state index is 0.0190. The van der Waals surface area contributed by atoms with Crippen LogP contribution in [-0.4, -0.2) is 30.5 Å². The normalized spacial score (nSPS) is 22.7. The first kappa shape index (κ1) is 14.9. The first-order valence-electron chi connectivity index (χ1n) is 7.13. The number of carbonyl (C=O) groups is 1. The highest BCUT2D eigenvalue weighted by atomic mass is 16.5. The van der Waals surface area contributed by atoms with Gasteiger partial charge in [-0.15, -0.1) is 0 Å². The molecule has 0 saturated carbocycles. The number of carbonyl (C=O) groups excluding carboxylic acids is 1. The van der Waals surface area contributed by atoms with Gasteiger partial charge in [-0.1, -0.05) is 26.0 Å². The number of hydrogen-bond donors (Lipinski definition) is 1. The standard InChI is InChI=1S/C16H24N2O2/c1-10(2)9-18-15(19)8-13(17)16(18)12-5-6-14(20-4)11(3)7-12/h5-7,10,13,16H,8-9,17H2,1-4H3. The molecule has 1 amide bonds. The van der Waals surface area contributed by atoms with E-state index >= 15 is 0 Å². The Kier molecular flexibility index (Phi) is 4.33. The average molecular weight is 276 g/mol. The van der Waals surface area contributed by atoms with E-state index in [1.54, 1.807) is 7.11 Å². The van der Waals surface area contributed by atoms with Crippen LogP contribution in [0.25, 0.3) is 0 Å². The molecule has 2 N–H and O–H groups in total. The van der Waals surface area contributed by atoms with Crippen LogP contribution in [0.15, 0.2) is 18.2 Å². The Labute approximate surface area is 120 Å². The molecule has 20 heavy (non-hydrogen) atoms. The van der Waals surface area contributed by atoms with Crippen LogP contribution in [0.4, 0.5) is 0 Å². The second-order valence-corrected chi connectivity index (χ2v) is 5.98. The molecule has 2 rings (SSSR count). The van der Waals surface area contributed by atoms with Gasteiger partial charge in [0.1, 0.15) is 5.75 Å². The number of nitrogens with two attached hydrogens (primary N) is 1. The van der Waals surface area contributed by atoms with Gasteiger partial charge in [0.2, 0.25) is 5.91 Å². The lowest BCUT2D eigenvalue weighted by Crippen LogP contribution is -2.35. The van der Waals surface area contributed by atoms with Crippen molar-refractivity contribution >= 4 is 5.91 Å². The molecule has 2 atom stereocenters. The van der Waals surface area contributed by atoms with Crippen molar-refractivity contribution in [2.24, 2.45) is 11.7 Å². The summed E-state index contributed by atoms with van der Waals surface area (Å²) in [6.45, 7) is 7.00. The number of amides is 1. The van der Waals surface area contributed by atoms with Crippen LogP contribution in [0, 0.1) is 12.8 Å². The Morgan fingerprint density at radius 3 is 2.70 bits per heavy atom. The average Bonchev–Trinajstić information content (AvgIpc) is 2.63. The van der Waals surface area contributed by atoms with Crippen LogP contribution in [0.2, 0.25) is 0 Å². The van der Waals surface area contributed by atoms with Gasteiger partial charge in [-0.05, 0) is 30.0 Å². The van der Waals surface area contributed by atoms with Crippen molar-refractivity contribution in [3.05, 3.63) is 29.3 Å². The molecule has 0 aliphatic carbocycles. The zero-order valence-corrected chi connectivity index (χ0v) is 12.7. The lowest BCUT2D eigenvalue weighted by molar-refractivity contribution is -0.129. The van der Waals surface area contributed by atoms with E-state index in [0.717, 1.165) is 23.4 Å². The number of nitrogens with zero attached hydrogens (tertiary/aromatic N) is 1. The van der Waals surface area contributed by atoms with Crippen LogP contribution in [0.5, 0.6) is 5.75 Å². The number of hydrogen-bond acceptors (Lipinski definition) is 3. The van der Waals surface area contributed by atoms with Gasteiger partial charge < -0.3 is 15.4 Å². The van der Waals surface area contributed by atoms with E-state index < -0.39 is 0 Å². The monoisotopic (exact) mass is 276 g/mol. The fourth-order valence-electron chi connectivity index (χ4n) is 2.94. The van der Waals surface area contributed by atoms with Crippen LogP contribution in [0.1, 0.15) is 37.4 Å². The van der Waals surface area contributed by atoms with Crippen LogP contribution >= 0.6 is 0 Å². The first-order valence-corrected chi connectivity index (χ1v) is 7.13. The summed E-state index contributed by atoms with van der Waals surface area (Å²) in [6, 6.07) is 5.90. The number of methoxy groups -OCH3 is 1. The van der Waals surface area contributed by atoms with Crippen molar-refractivity contribution in [2.75, 3.05) is 13.7 Å². The largest absolute Gasteiger partial charge is 0.496 e. The molecule has 0 radical (unpaired) electrons. The molecule has 4 heteroatoms. The van der Waals surface area contributed by atoms with Crippen molar-refractivity contribution in [1.29, 1.82) is 0 Å². The number of ether oxygens (including phenoxy) is 1. The van der Waals surface area contributed by atoms with Crippen molar-refractivity contribution < 1.29 is 9.53 Å². The lowest BCUT2D eigenvalue weighted by Gasteiger charge is -2.29. The molecule has 110 valence electrons. The summed E-state index contributed by atoms with van der Waals surface area (Å²) in [5.74, 6) is 1.46. The van der Waals surface area contributed by atoms with E-state index in [-0.39, 0.29) is 18.0 Å². The smallest absolute Gasteiger partial charge is 0.224 e. The summed E-state index contributed by atoms with van der Waals surface area (Å²) < 4.78 is 5.29. The number of likely N-dealkylation sites (tertiary alicyclic amines) is 1. The van der Waals surface area contributed by atoms with Crippen LogP contribution in [0.3, 0.4) is 0 Å². The fraction of sp³-hybridized carbons (Fsp3) is 0.562. The molecule has 4 nitrogen and oxygen atoms in total. The summed E-state index contributed by atoms with van der Waals surface area (Å²) in [4.78, 5) is 14.1. The SMILES string of the molecule is COc1ccc(C2C(N)CC(=O)N2CC(C)C)cc1C. The quantitative estimate of drug-likeness (QED) is 0.917. The summed E-state index contributed by atoms with van der Waals surface area (Å²) in [6.07, 6.45) is 0.433. The highest BCUT2D eigenvalue weighted by molar-refractivity contribution is 5.80. The van der Waals surface area contributed by atoms with E-state index in [2.05, 4.69) is 19.9 Å². The maximum atomic E-state index is 12.1. The fourth-order valence-corrected chi connectivity index (χ4v) is 2.94. The molecule has 0 bridgehead atoms. The van der Waals surface area contributed by atoms with Gasteiger partial charge in [-0.25, -0.2) is 0 Å². The predicted molar refractivity (Wildman–Crippen MR) is 79.6 cm³/mol. The molecule has 1 aromatic rings. The van der Waals surface area contributed by atoms with Crippen molar-refractivity contribution in [3.63, 3.8) is 0 Å². The van der Waals surface area contributed by atoms with Gasteiger partial charge >= 0.3 is 0 Å². The highest BCUT2D eigenvalue weighted by Crippen LogP contribution is 2.34. The molecular weight excluding hydrogens is 252 g/mol. The van der Waals surface area contributed by atoms with Crippen molar-refractivity contribution in [1.82, 2.24) is 4.90 Å². The molecule has 1 aliphatic rings. The second kappa shape index (κ2) is 5.83. The van der Waals surface area contributed by atoms with E-state index in [9.17, 15) is 4.79 Å². The number of benzene rings is 1. The zero-order chi connectivity index (χ0) is 14.9. The van der Waals surface area contributed by atoms with Crippen LogP contribution in [-0.2, 0) is 4.79 Å². The third-order valence-electron chi connectivity index (χ3n) is 3.79. The van der Waals surface area contributed by atoms with E-state index in [1.807, 2.05) is 24.0 Å². The minimum atomic E-state index is -0.131. The third-order valence-corrected chi connectivity index (χ3v) is 3.79. The number of aryl methyl sites for hydroxylation is 1. The zero-order valence-electron chi connectivity index (χ0n) is 12.7. The van der Waals surface area contributed by atoms with Gasteiger partial charge in [0.15, 0.2) is 0 Å². The maximum Gasteiger partial charge on any atom is 0.224 e. The van der Waals surface area contributed by atoms with Crippen LogP contribution < -0.4 is 10.5 Å². The second-order valence-electron chi connectivity index (χ2n) is 5.98. The Bertz CT molecular complexity index is 499. The van der Waals surface area contributed by atoms with Crippen molar-refractivity contribution in [2.45, 2.75) is 39.3 Å². The molecule has 2 unspecified atom stereocenters. The summed E-state index contributed by atoms with van der Waals surface area (Å²) in [5.41, 5.74) is 8.36. The molecule has 1 aliphatic heterocycles. The molecule has 0 spiro atoms. The Hall–Kier alpha value is -1.55. The lowest BCUT2D eigenvalue weighted by atomic mass is 9.98. The third kappa shape index (κ3) is 2.80. The maximum absolute atomic E-state index is 12.1.